The van der Waals surface area contributed by atoms with E-state index in [1.807, 2.05) is 0 Å². The summed E-state index contributed by atoms with van der Waals surface area (Å²) in [5.74, 6) is 1.16. The molecule has 0 radical (unpaired) electrons. The highest BCUT2D eigenvalue weighted by atomic mass is 79.9. The Morgan fingerprint density at radius 2 is 1.70 bits per heavy atom. The molecular formula is C22H24BrN4+. The van der Waals surface area contributed by atoms with Crippen molar-refractivity contribution in [1.82, 2.24) is 14.5 Å². The molecule has 0 saturated carbocycles. The molecule has 1 fully saturated rings. The van der Waals surface area contributed by atoms with Gasteiger partial charge in [-0.05, 0) is 50.2 Å². The summed E-state index contributed by atoms with van der Waals surface area (Å²) in [6, 6.07) is 17.1. The van der Waals surface area contributed by atoms with Crippen LogP contribution in [0.25, 0.3) is 28.1 Å². The number of aromatic nitrogens is 3. The molecule has 0 amide bonds. The first-order chi connectivity index (χ1) is 13.3. The van der Waals surface area contributed by atoms with Gasteiger partial charge in [0.2, 0.25) is 0 Å². The molecule has 2 aromatic heterocycles. The molecule has 5 heteroatoms. The van der Waals surface area contributed by atoms with Crippen LogP contribution in [0.2, 0.25) is 0 Å². The van der Waals surface area contributed by atoms with Crippen molar-refractivity contribution in [2.75, 3.05) is 19.6 Å². The Balaban J connectivity index is 1.59. The zero-order chi connectivity index (χ0) is 18.2. The van der Waals surface area contributed by atoms with Crippen molar-refractivity contribution in [3.8, 4) is 11.3 Å². The minimum Gasteiger partial charge on any atom is -0.300 e. The summed E-state index contributed by atoms with van der Waals surface area (Å²) >= 11 is 3.55. The molecule has 5 rings (SSSR count). The second kappa shape index (κ2) is 7.13. The van der Waals surface area contributed by atoms with E-state index in [0.29, 0.717) is 0 Å². The Bertz CT molecular complexity index is 1070. The van der Waals surface area contributed by atoms with Crippen LogP contribution in [0, 0.1) is 0 Å². The third kappa shape index (κ3) is 3.19. The number of hydrogen-bond donors (Lipinski definition) is 1. The van der Waals surface area contributed by atoms with E-state index in [1.54, 1.807) is 0 Å². The lowest BCUT2D eigenvalue weighted by Gasteiger charge is -2.25. The van der Waals surface area contributed by atoms with Crippen LogP contribution in [0.15, 0.2) is 59.2 Å². The van der Waals surface area contributed by atoms with E-state index in [0.717, 1.165) is 23.3 Å². The fraction of sp³-hybridized carbons (Fsp3) is 0.318. The van der Waals surface area contributed by atoms with Gasteiger partial charge in [-0.2, -0.15) is 4.40 Å². The van der Waals surface area contributed by atoms with Gasteiger partial charge in [0.05, 0.1) is 6.54 Å². The van der Waals surface area contributed by atoms with Crippen LogP contribution in [0.5, 0.6) is 0 Å². The second-order valence-electron chi connectivity index (χ2n) is 7.41. The van der Waals surface area contributed by atoms with Gasteiger partial charge in [-0.3, -0.25) is 0 Å². The van der Waals surface area contributed by atoms with Crippen LogP contribution in [0.1, 0.15) is 19.3 Å². The van der Waals surface area contributed by atoms with Crippen LogP contribution in [0.4, 0.5) is 0 Å². The quantitative estimate of drug-likeness (QED) is 0.476. The summed E-state index contributed by atoms with van der Waals surface area (Å²) in [7, 11) is 0. The first-order valence-electron chi connectivity index (χ1n) is 9.79. The Kier molecular flexibility index (Phi) is 4.50. The molecule has 27 heavy (non-hydrogen) atoms. The number of fused-ring (bicyclic) bond motifs is 3. The van der Waals surface area contributed by atoms with Crippen molar-refractivity contribution >= 4 is 32.7 Å². The minimum absolute atomic E-state index is 0.995. The standard InChI is InChI=1S/C22H23BrN4/c23-18-10-8-17(9-11-18)21-16-27-20-7-3-2-6-19(20)24-22(27)26(21)15-14-25-12-4-1-5-13-25/h2-3,6-11,16H,1,4-5,12-15H2/p+1. The highest BCUT2D eigenvalue weighted by Crippen LogP contribution is 2.24. The molecule has 0 unspecified atom stereocenters. The lowest BCUT2D eigenvalue weighted by molar-refractivity contribution is -0.479. The normalized spacial score (nSPS) is 15.7. The molecule has 1 aliphatic rings. The molecule has 1 saturated heterocycles. The number of benzene rings is 2. The van der Waals surface area contributed by atoms with E-state index in [2.05, 4.69) is 89.5 Å². The Morgan fingerprint density at radius 3 is 2.52 bits per heavy atom. The van der Waals surface area contributed by atoms with Gasteiger partial charge in [-0.25, -0.2) is 9.55 Å². The molecule has 1 aliphatic heterocycles. The van der Waals surface area contributed by atoms with Crippen LogP contribution in [-0.2, 0) is 6.54 Å². The van der Waals surface area contributed by atoms with Gasteiger partial charge >= 0.3 is 5.78 Å². The fourth-order valence-electron chi connectivity index (χ4n) is 4.22. The Labute approximate surface area is 167 Å². The maximum atomic E-state index is 3.63. The van der Waals surface area contributed by atoms with Gasteiger partial charge in [-0.15, -0.1) is 0 Å². The first-order valence-corrected chi connectivity index (χ1v) is 10.6. The third-order valence-corrected chi connectivity index (χ3v) is 6.19. The minimum atomic E-state index is 0.995. The number of likely N-dealkylation sites (tertiary alicyclic amines) is 1. The lowest BCUT2D eigenvalue weighted by atomic mass is 10.1. The number of hydrogen-bond acceptors (Lipinski definition) is 1. The maximum Gasteiger partial charge on any atom is 0.368 e. The number of nitrogens with one attached hydrogen (secondary N) is 1. The lowest BCUT2D eigenvalue weighted by Crippen LogP contribution is -2.32. The molecule has 1 N–H and O–H groups in total. The molecule has 0 bridgehead atoms. The van der Waals surface area contributed by atoms with E-state index in [-0.39, 0.29) is 0 Å². The van der Waals surface area contributed by atoms with E-state index in [1.165, 1.54) is 54.6 Å². The fourth-order valence-corrected chi connectivity index (χ4v) is 4.48. The van der Waals surface area contributed by atoms with E-state index in [4.69, 9.17) is 0 Å². The Morgan fingerprint density at radius 1 is 0.926 bits per heavy atom. The highest BCUT2D eigenvalue weighted by molar-refractivity contribution is 9.10. The van der Waals surface area contributed by atoms with Crippen molar-refractivity contribution in [1.29, 1.82) is 0 Å². The largest absolute Gasteiger partial charge is 0.368 e. The van der Waals surface area contributed by atoms with Crippen LogP contribution in [0.3, 0.4) is 0 Å². The summed E-state index contributed by atoms with van der Waals surface area (Å²) in [6.07, 6.45) is 6.32. The van der Waals surface area contributed by atoms with Gasteiger partial charge in [0.25, 0.3) is 0 Å². The first kappa shape index (κ1) is 17.0. The summed E-state index contributed by atoms with van der Waals surface area (Å²) in [5.41, 5.74) is 4.92. The van der Waals surface area contributed by atoms with E-state index < -0.39 is 0 Å². The SMILES string of the molecule is Brc1ccc(-c2c[n+]3c4ccccc4[nH]c3n2CCN2CCCCC2)cc1. The van der Waals surface area contributed by atoms with Gasteiger partial charge < -0.3 is 4.90 Å². The molecule has 4 aromatic rings. The van der Waals surface area contributed by atoms with E-state index >= 15 is 0 Å². The van der Waals surface area contributed by atoms with E-state index in [9.17, 15) is 0 Å². The molecule has 0 spiro atoms. The summed E-state index contributed by atoms with van der Waals surface area (Å²) in [6.45, 7) is 4.56. The van der Waals surface area contributed by atoms with Gasteiger partial charge in [0.1, 0.15) is 22.9 Å². The number of para-hydroxylation sites is 2. The van der Waals surface area contributed by atoms with Gasteiger partial charge in [-0.1, -0.05) is 46.6 Å². The number of aromatic amines is 1. The molecular weight excluding hydrogens is 400 g/mol. The van der Waals surface area contributed by atoms with Crippen molar-refractivity contribution in [2.45, 2.75) is 25.8 Å². The average molecular weight is 424 g/mol. The molecule has 3 heterocycles. The van der Waals surface area contributed by atoms with Crippen molar-refractivity contribution in [3.63, 3.8) is 0 Å². The predicted octanol–water partition coefficient (Wildman–Crippen LogP) is 4.62. The number of rotatable bonds is 4. The number of halogens is 1. The molecule has 138 valence electrons. The van der Waals surface area contributed by atoms with Gasteiger partial charge in [0.15, 0.2) is 0 Å². The zero-order valence-corrected chi connectivity index (χ0v) is 17.0. The smallest absolute Gasteiger partial charge is 0.300 e. The van der Waals surface area contributed by atoms with Crippen LogP contribution in [-0.4, -0.2) is 34.1 Å². The average Bonchev–Trinajstić information content (AvgIpc) is 3.24. The number of nitrogens with zero attached hydrogens (tertiary/aromatic N) is 3. The predicted molar refractivity (Wildman–Crippen MR) is 113 cm³/mol. The van der Waals surface area contributed by atoms with Crippen molar-refractivity contribution in [3.05, 3.63) is 59.2 Å². The highest BCUT2D eigenvalue weighted by Gasteiger charge is 2.23. The molecule has 4 nitrogen and oxygen atoms in total. The number of imidazole rings is 2. The second-order valence-corrected chi connectivity index (χ2v) is 8.33. The maximum absolute atomic E-state index is 3.63. The zero-order valence-electron chi connectivity index (χ0n) is 15.4. The molecule has 2 aromatic carbocycles. The van der Waals surface area contributed by atoms with Crippen molar-refractivity contribution < 1.29 is 4.40 Å². The van der Waals surface area contributed by atoms with Crippen LogP contribution >= 0.6 is 15.9 Å². The van der Waals surface area contributed by atoms with Crippen LogP contribution < -0.4 is 4.40 Å². The molecule has 0 aliphatic carbocycles. The Hall–Kier alpha value is -2.11. The summed E-state index contributed by atoms with van der Waals surface area (Å²) in [5, 5.41) is 0. The molecule has 0 atom stereocenters. The number of H-pyrrole nitrogens is 1. The third-order valence-electron chi connectivity index (χ3n) is 5.66. The summed E-state index contributed by atoms with van der Waals surface area (Å²) < 4.78 is 5.85. The number of piperidine rings is 1. The monoisotopic (exact) mass is 423 g/mol. The summed E-state index contributed by atoms with van der Waals surface area (Å²) in [4.78, 5) is 6.24. The van der Waals surface area contributed by atoms with Gasteiger partial charge in [0, 0.05) is 16.6 Å². The van der Waals surface area contributed by atoms with Crippen molar-refractivity contribution in [2.24, 2.45) is 0 Å². The topological polar surface area (TPSA) is 28.1 Å².